The largest absolute Gasteiger partial charge is 0.396 e. The highest BCUT2D eigenvalue weighted by Gasteiger charge is 2.14. The van der Waals surface area contributed by atoms with Crippen molar-refractivity contribution in [2.45, 2.75) is 52.9 Å². The van der Waals surface area contributed by atoms with Crippen LogP contribution in [0.2, 0.25) is 0 Å². The molecule has 0 spiro atoms. The normalized spacial score (nSPS) is 12.6. The van der Waals surface area contributed by atoms with Gasteiger partial charge in [-0.25, -0.2) is 4.98 Å². The second-order valence-electron chi connectivity index (χ2n) is 8.43. The maximum atomic E-state index is 8.93. The van der Waals surface area contributed by atoms with Gasteiger partial charge in [0.2, 0.25) is 0 Å². The lowest BCUT2D eigenvalue weighted by molar-refractivity contribution is 0.248. The van der Waals surface area contributed by atoms with Gasteiger partial charge in [-0.3, -0.25) is 0 Å². The lowest BCUT2D eigenvalue weighted by Crippen LogP contribution is -2.03. The van der Waals surface area contributed by atoms with E-state index in [4.69, 9.17) is 5.11 Å². The number of fused-ring (bicyclic) bond motifs is 2. The first-order valence-electron chi connectivity index (χ1n) is 12.0. The topological polar surface area (TPSA) is 48.9 Å². The second kappa shape index (κ2) is 14.9. The molecule has 0 radical (unpaired) electrons. The molecule has 0 unspecified atom stereocenters. The van der Waals surface area contributed by atoms with Gasteiger partial charge in [-0.05, 0) is 71.9 Å². The van der Waals surface area contributed by atoms with Gasteiger partial charge in [0.25, 0.3) is 0 Å². The summed E-state index contributed by atoms with van der Waals surface area (Å²) in [5.74, 6) is 0.729. The van der Waals surface area contributed by atoms with E-state index in [-0.39, 0.29) is 7.43 Å². The molecule has 34 heavy (non-hydrogen) atoms. The van der Waals surface area contributed by atoms with E-state index >= 15 is 0 Å². The van der Waals surface area contributed by atoms with E-state index < -0.39 is 0 Å². The van der Waals surface area contributed by atoms with Gasteiger partial charge in [0, 0.05) is 18.5 Å². The molecule has 3 heteroatoms. The Morgan fingerprint density at radius 1 is 0.971 bits per heavy atom. The van der Waals surface area contributed by atoms with E-state index in [1.165, 1.54) is 58.8 Å². The molecule has 1 heterocycles. The molecule has 0 bridgehead atoms. The summed E-state index contributed by atoms with van der Waals surface area (Å²) >= 11 is 0. The highest BCUT2D eigenvalue weighted by molar-refractivity contribution is 5.90. The average molecular weight is 457 g/mol. The SMILES string of the molecule is C.C=Cc1cccc2ccccc12.CCc1cnc[nH]1.OCCC1CCc2ccccc2CC1. The summed E-state index contributed by atoms with van der Waals surface area (Å²) in [5, 5.41) is 11.5. The predicted molar refractivity (Wildman–Crippen MR) is 147 cm³/mol. The Morgan fingerprint density at radius 2 is 1.62 bits per heavy atom. The third-order valence-electron chi connectivity index (χ3n) is 6.28. The standard InChI is InChI=1S/C13H18O.C12H10.C5H8N2.CH4/c14-10-9-11-5-7-12-3-1-2-4-13(12)8-6-11;1-2-10-7-5-8-11-6-3-4-9-12(10)11;1-2-5-3-6-4-7-5;/h1-4,11,14H,5-10H2;2-9H,1H2;3-4H,2H2,1H3,(H,6,7);1H4. The predicted octanol–water partition coefficient (Wildman–Crippen LogP) is 7.66. The van der Waals surface area contributed by atoms with Crippen molar-refractivity contribution in [2.24, 2.45) is 5.92 Å². The summed E-state index contributed by atoms with van der Waals surface area (Å²) in [6, 6.07) is 23.3. The minimum Gasteiger partial charge on any atom is -0.396 e. The fourth-order valence-electron chi connectivity index (χ4n) is 4.29. The lowest BCUT2D eigenvalue weighted by atomic mass is 9.96. The van der Waals surface area contributed by atoms with Gasteiger partial charge in [-0.2, -0.15) is 0 Å². The van der Waals surface area contributed by atoms with Crippen LogP contribution in [0.5, 0.6) is 0 Å². The first kappa shape index (κ1) is 27.1. The van der Waals surface area contributed by atoms with Gasteiger partial charge >= 0.3 is 0 Å². The zero-order valence-electron chi connectivity index (χ0n) is 19.7. The molecule has 3 nitrogen and oxygen atoms in total. The summed E-state index contributed by atoms with van der Waals surface area (Å²) in [6.45, 7) is 6.22. The number of benzene rings is 3. The third kappa shape index (κ3) is 8.00. The van der Waals surface area contributed by atoms with Gasteiger partial charge in [0.15, 0.2) is 0 Å². The van der Waals surface area contributed by atoms with E-state index in [0.29, 0.717) is 6.61 Å². The highest BCUT2D eigenvalue weighted by atomic mass is 16.3. The minimum atomic E-state index is 0. The second-order valence-corrected chi connectivity index (χ2v) is 8.43. The number of aliphatic hydroxyl groups excluding tert-OH is 1. The van der Waals surface area contributed by atoms with Crippen molar-refractivity contribution in [1.82, 2.24) is 9.97 Å². The molecular formula is C31H40N2O. The minimum absolute atomic E-state index is 0. The zero-order chi connectivity index (χ0) is 23.3. The van der Waals surface area contributed by atoms with Crippen LogP contribution in [0.25, 0.3) is 16.8 Å². The smallest absolute Gasteiger partial charge is 0.0921 e. The number of nitrogens with zero attached hydrogens (tertiary/aromatic N) is 1. The van der Waals surface area contributed by atoms with Crippen molar-refractivity contribution in [2.75, 3.05) is 6.61 Å². The maximum Gasteiger partial charge on any atom is 0.0921 e. The molecule has 2 N–H and O–H groups in total. The summed E-state index contributed by atoms with van der Waals surface area (Å²) in [4.78, 5) is 6.81. The summed E-state index contributed by atoms with van der Waals surface area (Å²) in [5.41, 5.74) is 5.44. The molecule has 1 aliphatic carbocycles. The molecule has 0 fully saturated rings. The summed E-state index contributed by atoms with van der Waals surface area (Å²) in [7, 11) is 0. The molecule has 3 aromatic carbocycles. The van der Waals surface area contributed by atoms with Crippen molar-refractivity contribution in [1.29, 1.82) is 0 Å². The van der Waals surface area contributed by atoms with Gasteiger partial charge in [-0.1, -0.05) is 93.7 Å². The molecule has 180 valence electrons. The molecule has 0 saturated heterocycles. The van der Waals surface area contributed by atoms with Gasteiger partial charge in [-0.15, -0.1) is 0 Å². The Kier molecular flexibility index (Phi) is 11.8. The molecule has 1 aliphatic rings. The van der Waals surface area contributed by atoms with E-state index in [9.17, 15) is 0 Å². The molecular weight excluding hydrogens is 416 g/mol. The van der Waals surface area contributed by atoms with E-state index in [1.54, 1.807) is 6.33 Å². The van der Waals surface area contributed by atoms with Gasteiger partial charge in [0.1, 0.15) is 0 Å². The van der Waals surface area contributed by atoms with Gasteiger partial charge in [0.05, 0.1) is 6.33 Å². The quantitative estimate of drug-likeness (QED) is 0.310. The van der Waals surface area contributed by atoms with E-state index in [1.807, 2.05) is 12.3 Å². The van der Waals surface area contributed by atoms with Crippen molar-refractivity contribution in [3.05, 3.63) is 108 Å². The number of rotatable bonds is 4. The number of aromatic nitrogens is 2. The van der Waals surface area contributed by atoms with Crippen LogP contribution in [0.15, 0.2) is 85.8 Å². The van der Waals surface area contributed by atoms with Gasteiger partial charge < -0.3 is 10.1 Å². The van der Waals surface area contributed by atoms with E-state index in [0.717, 1.165) is 18.8 Å². The van der Waals surface area contributed by atoms with Crippen LogP contribution in [0.3, 0.4) is 0 Å². The summed E-state index contributed by atoms with van der Waals surface area (Å²) < 4.78 is 0. The monoisotopic (exact) mass is 456 g/mol. The Balaban J connectivity index is 0.000000187. The molecule has 5 rings (SSSR count). The van der Waals surface area contributed by atoms with Crippen LogP contribution in [0.1, 0.15) is 56.0 Å². The van der Waals surface area contributed by atoms with Crippen LogP contribution in [0.4, 0.5) is 0 Å². The Hall–Kier alpha value is -3.17. The Bertz CT molecular complexity index is 1070. The molecule has 4 aromatic rings. The van der Waals surface area contributed by atoms with Crippen molar-refractivity contribution < 1.29 is 5.11 Å². The number of hydrogen-bond donors (Lipinski definition) is 2. The fourth-order valence-corrected chi connectivity index (χ4v) is 4.29. The third-order valence-corrected chi connectivity index (χ3v) is 6.28. The molecule has 0 aliphatic heterocycles. The van der Waals surface area contributed by atoms with Crippen LogP contribution >= 0.6 is 0 Å². The number of aromatic amines is 1. The number of aryl methyl sites for hydroxylation is 3. The number of nitrogens with one attached hydrogen (secondary N) is 1. The van der Waals surface area contributed by atoms with Crippen molar-refractivity contribution in [3.63, 3.8) is 0 Å². The molecule has 0 atom stereocenters. The van der Waals surface area contributed by atoms with Crippen LogP contribution in [-0.2, 0) is 19.3 Å². The lowest BCUT2D eigenvalue weighted by Gasteiger charge is -2.10. The maximum absolute atomic E-state index is 8.93. The average Bonchev–Trinajstić information content (AvgIpc) is 3.33. The highest BCUT2D eigenvalue weighted by Crippen LogP contribution is 2.26. The van der Waals surface area contributed by atoms with Crippen molar-refractivity contribution >= 4 is 16.8 Å². The number of aliphatic hydroxyl groups is 1. The van der Waals surface area contributed by atoms with E-state index in [2.05, 4.69) is 90.2 Å². The van der Waals surface area contributed by atoms with Crippen LogP contribution < -0.4 is 0 Å². The fraction of sp³-hybridized carbons (Fsp3) is 0.323. The molecule has 0 saturated carbocycles. The first-order valence-corrected chi connectivity index (χ1v) is 12.0. The number of hydrogen-bond acceptors (Lipinski definition) is 2. The zero-order valence-corrected chi connectivity index (χ0v) is 19.7. The van der Waals surface area contributed by atoms with Crippen LogP contribution in [-0.4, -0.2) is 21.7 Å². The number of imidazole rings is 1. The molecule has 0 amide bonds. The first-order chi connectivity index (χ1) is 16.2. The number of H-pyrrole nitrogens is 1. The molecule has 1 aromatic heterocycles. The summed E-state index contributed by atoms with van der Waals surface area (Å²) in [6.07, 6.45) is 12.3. The Morgan fingerprint density at radius 3 is 2.18 bits per heavy atom. The Labute approximate surface area is 205 Å². The van der Waals surface area contributed by atoms with Crippen LogP contribution in [0, 0.1) is 5.92 Å². The van der Waals surface area contributed by atoms with Crippen molar-refractivity contribution in [3.8, 4) is 0 Å².